The maximum Gasteiger partial charge on any atom is 0.490 e. The molecule has 0 radical (unpaired) electrons. The number of nitrogen functional groups attached to an aromatic ring is 3. The summed E-state index contributed by atoms with van der Waals surface area (Å²) in [7, 11) is -20.9. The van der Waals surface area contributed by atoms with E-state index in [1.807, 2.05) is 0 Å². The van der Waals surface area contributed by atoms with Gasteiger partial charge in [0.05, 0.1) is 45.1 Å². The van der Waals surface area contributed by atoms with Crippen LogP contribution in [-0.2, 0) is 75.2 Å². The average molecular weight is 1200 g/mol. The minimum Gasteiger partial charge on any atom is -0.387 e. The highest BCUT2D eigenvalue weighted by Crippen LogP contribution is 2.68. The van der Waals surface area contributed by atoms with Gasteiger partial charge in [-0.05, 0) is 13.3 Å². The number of hydrogen-bond acceptors (Lipinski definition) is 29. The fourth-order valence-corrected chi connectivity index (χ4v) is 13.6. The largest absolute Gasteiger partial charge is 0.490 e. The highest BCUT2D eigenvalue weighted by atomic mass is 31.3. The van der Waals surface area contributed by atoms with E-state index >= 15 is 0 Å². The highest BCUT2D eigenvalue weighted by Gasteiger charge is 2.54. The number of nitrogens with zero attached hydrogens (tertiary/aromatic N) is 10. The van der Waals surface area contributed by atoms with Gasteiger partial charge in [0.1, 0.15) is 54.6 Å². The number of fused-ring (bicyclic) bond motifs is 3. The molecule has 79 heavy (non-hydrogen) atoms. The zero-order valence-electron chi connectivity index (χ0n) is 41.0. The molecule has 43 heteroatoms. The normalized spacial score (nSPS) is 29.5. The number of methoxy groups -OCH3 is 2. The quantitative estimate of drug-likeness (QED) is 0.0226. The molecule has 4 unspecified atom stereocenters. The van der Waals surface area contributed by atoms with Crippen LogP contribution in [0.15, 0.2) is 34.9 Å². The number of aliphatic hydroxyl groups excluding tert-OH is 3. The van der Waals surface area contributed by atoms with Crippen LogP contribution in [0, 0.1) is 5.92 Å². The van der Waals surface area contributed by atoms with Crippen molar-refractivity contribution in [1.82, 2.24) is 53.6 Å². The number of nitrogens with two attached hydrogens (primary N) is 3. The lowest BCUT2D eigenvalue weighted by atomic mass is 9.95. The fourth-order valence-electron chi connectivity index (χ4n) is 9.13. The summed E-state index contributed by atoms with van der Waals surface area (Å²) in [5.74, 6) is -1.58. The predicted molar refractivity (Wildman–Crippen MR) is 258 cm³/mol. The van der Waals surface area contributed by atoms with Crippen LogP contribution < -0.4 is 32.9 Å². The Bertz CT molecular complexity index is 3550. The summed E-state index contributed by atoms with van der Waals surface area (Å²) in [6, 6.07) is 0. The molecule has 0 aliphatic carbocycles. The third kappa shape index (κ3) is 12.1. The molecule has 3 aliphatic rings. The molecule has 0 saturated carbocycles. The lowest BCUT2D eigenvalue weighted by molar-refractivity contribution is -0.746. The van der Waals surface area contributed by atoms with Crippen molar-refractivity contribution in [2.24, 2.45) is 5.92 Å². The molecule has 39 nitrogen and oxygen atoms in total. The van der Waals surface area contributed by atoms with E-state index in [0.717, 1.165) is 30.7 Å². The number of phosphoric acid groups is 4. The molecule has 6 aromatic rings. The number of rotatable bonds is 23. The zero-order valence-corrected chi connectivity index (χ0v) is 44.6. The monoisotopic (exact) mass is 1200 g/mol. The topological polar surface area (TPSA) is 551 Å². The first-order valence-corrected chi connectivity index (χ1v) is 29.1. The van der Waals surface area contributed by atoms with Gasteiger partial charge in [0.2, 0.25) is 17.7 Å². The SMILES string of the molecule is CCn1c[n+]([C@@H]2O[C@H](COP(=O)(O)OP(=O)(O)OP(=O)(O)OC[C@H]3O[C@@H](n4cnc5c(N)ncnc54)[C@H](OC)[C@@H]3OP(=O)(O)OC[C@H]3O[C@@H](n4cnc5c(=O)[nH]c(N)nc54)[C@H](O)[C@@H]3O)[C@@H](CCOC)[C@H]2O)c2nc(N)[nH]c(=O)c21. The number of nitrogens with one attached hydrogen (secondary N) is 2. The predicted octanol–water partition coefficient (Wildman–Crippen LogP) is -2.94. The Morgan fingerprint density at radius 2 is 1.30 bits per heavy atom. The van der Waals surface area contributed by atoms with Crippen molar-refractivity contribution in [3.05, 3.63) is 46.0 Å². The molecular formula is C36H52N15O24P4+. The molecule has 0 aromatic carbocycles. The number of aliphatic hydroxyl groups is 3. The lowest BCUT2D eigenvalue weighted by Gasteiger charge is -2.26. The Labute approximate surface area is 440 Å². The molecule has 3 fully saturated rings. The summed E-state index contributed by atoms with van der Waals surface area (Å²) < 4.78 is 116. The van der Waals surface area contributed by atoms with Crippen LogP contribution in [0.3, 0.4) is 0 Å². The molecule has 0 spiro atoms. The Hall–Kier alpha value is -5.15. The third-order valence-corrected chi connectivity index (χ3v) is 17.9. The first kappa shape index (κ1) is 58.5. The second kappa shape index (κ2) is 22.7. The van der Waals surface area contributed by atoms with Crippen LogP contribution >= 0.6 is 31.3 Å². The molecule has 15 N–H and O–H groups in total. The summed E-state index contributed by atoms with van der Waals surface area (Å²) in [5, 5.41) is 33.2. The van der Waals surface area contributed by atoms with Crippen LogP contribution in [0.4, 0.5) is 17.7 Å². The smallest absolute Gasteiger partial charge is 0.387 e. The maximum absolute atomic E-state index is 13.7. The zero-order chi connectivity index (χ0) is 57.1. The van der Waals surface area contributed by atoms with E-state index in [1.54, 1.807) is 6.92 Å². The molecule has 0 amide bonds. The summed E-state index contributed by atoms with van der Waals surface area (Å²) in [6.45, 7) is -1.13. The van der Waals surface area contributed by atoms with Crippen molar-refractivity contribution in [1.29, 1.82) is 0 Å². The lowest BCUT2D eigenvalue weighted by Crippen LogP contribution is -2.45. The minimum absolute atomic E-state index is 0.0113. The number of aromatic nitrogens is 12. The molecule has 3 aliphatic heterocycles. The number of anilines is 3. The van der Waals surface area contributed by atoms with E-state index in [9.17, 15) is 62.7 Å². The van der Waals surface area contributed by atoms with Gasteiger partial charge in [-0.15, -0.1) is 0 Å². The molecule has 16 atom stereocenters. The summed E-state index contributed by atoms with van der Waals surface area (Å²) in [5.41, 5.74) is 15.9. The summed E-state index contributed by atoms with van der Waals surface area (Å²) >= 11 is 0. The van der Waals surface area contributed by atoms with Crippen molar-refractivity contribution in [2.75, 3.05) is 57.8 Å². The number of ether oxygens (including phenoxy) is 5. The Balaban J connectivity index is 0.873. The standard InChI is InChI=1S/C36H51N15O24P4/c1-4-48-13-51(29-20(48)31(56)47-36(39)45-29)32-21(52)14(5-6-65-2)15(70-32)7-68-77(59,60)74-79(63,64)75-78(61,62)69-9-17-24(25(66-3)34(72-17)49-11-42-18-26(37)40-10-41-27(18)49)73-76(57,58)67-8-16-22(53)23(54)33(71-16)50-12-43-19-28(50)44-35(38)46-30(19)55/h10-17,21-25,32-34,52-54H,4-9H2,1-3H3,(H11-,37,38,39,40,41,44,45,46,47,55,56,57,58,59,60,61,62,63,64)/p+1/t14-,15-,16-,17-,21-,22-,23-,24-,25-,32-,33-,34-/m1/s1. The Morgan fingerprint density at radius 3 is 1.97 bits per heavy atom. The van der Waals surface area contributed by atoms with Crippen molar-refractivity contribution < 1.29 is 108 Å². The van der Waals surface area contributed by atoms with E-state index in [2.05, 4.69) is 48.5 Å². The van der Waals surface area contributed by atoms with Gasteiger partial charge in [0.25, 0.3) is 17.1 Å². The van der Waals surface area contributed by atoms with Gasteiger partial charge in [-0.3, -0.25) is 51.4 Å². The van der Waals surface area contributed by atoms with Crippen LogP contribution in [0.25, 0.3) is 33.5 Å². The number of hydrogen-bond donors (Lipinski definition) is 12. The highest BCUT2D eigenvalue weighted by molar-refractivity contribution is 7.66. The fraction of sp³-hybridized carbons (Fsp3) is 0.583. The number of phosphoric ester groups is 3. The number of H-pyrrole nitrogens is 2. The van der Waals surface area contributed by atoms with E-state index in [4.69, 9.17) is 59.0 Å². The van der Waals surface area contributed by atoms with Gasteiger partial charge in [-0.2, -0.15) is 13.6 Å². The van der Waals surface area contributed by atoms with Gasteiger partial charge < -0.3 is 75.8 Å². The molecule has 0 bridgehead atoms. The number of imidazole rings is 3. The van der Waals surface area contributed by atoms with Crippen LogP contribution in [0.1, 0.15) is 32.0 Å². The first-order chi connectivity index (χ1) is 37.2. The van der Waals surface area contributed by atoms with Crippen LogP contribution in [0.5, 0.6) is 0 Å². The second-order valence-electron chi connectivity index (χ2n) is 17.6. The molecular weight excluding hydrogens is 1150 g/mol. The van der Waals surface area contributed by atoms with Crippen molar-refractivity contribution in [3.63, 3.8) is 0 Å². The Morgan fingerprint density at radius 1 is 0.696 bits per heavy atom. The molecule has 9 heterocycles. The van der Waals surface area contributed by atoms with Crippen molar-refractivity contribution >= 4 is 82.5 Å². The van der Waals surface area contributed by atoms with Crippen LogP contribution in [0.2, 0.25) is 0 Å². The average Bonchev–Trinajstić information content (AvgIpc) is 4.45. The van der Waals surface area contributed by atoms with Crippen molar-refractivity contribution in [2.45, 2.75) is 87.4 Å². The van der Waals surface area contributed by atoms with Crippen molar-refractivity contribution in [3.8, 4) is 0 Å². The van der Waals surface area contributed by atoms with Crippen LogP contribution in [-0.4, -0.2) is 178 Å². The molecule has 6 aromatic heterocycles. The van der Waals surface area contributed by atoms with Gasteiger partial charge in [-0.25, -0.2) is 42.8 Å². The third-order valence-electron chi connectivity index (χ3n) is 12.6. The number of aryl methyl sites for hydroxylation is 1. The summed E-state index contributed by atoms with van der Waals surface area (Å²) in [6.07, 6.45) is -12.6. The number of aromatic amines is 2. The molecule has 3 saturated heterocycles. The van der Waals surface area contributed by atoms with E-state index in [-0.39, 0.29) is 70.8 Å². The van der Waals surface area contributed by atoms with E-state index in [1.165, 1.54) is 27.1 Å². The molecule has 9 rings (SSSR count). The van der Waals surface area contributed by atoms with E-state index in [0.29, 0.717) is 0 Å². The summed E-state index contributed by atoms with van der Waals surface area (Å²) in [4.78, 5) is 96.9. The first-order valence-electron chi connectivity index (χ1n) is 23.1. The van der Waals surface area contributed by atoms with Gasteiger partial charge in [-0.1, -0.05) is 4.98 Å². The van der Waals surface area contributed by atoms with Gasteiger partial charge >= 0.3 is 36.9 Å². The Kier molecular flexibility index (Phi) is 16.8. The van der Waals surface area contributed by atoms with Gasteiger partial charge in [0.15, 0.2) is 41.4 Å². The van der Waals surface area contributed by atoms with E-state index < -0.39 is 136 Å². The maximum atomic E-state index is 13.7. The minimum atomic E-state index is -6.18. The molecule has 434 valence electrons. The second-order valence-corrected chi connectivity index (χ2v) is 23.6. The van der Waals surface area contributed by atoms with Gasteiger partial charge in [0, 0.05) is 26.7 Å².